The van der Waals surface area contributed by atoms with Gasteiger partial charge in [0.2, 0.25) is 0 Å². The van der Waals surface area contributed by atoms with E-state index in [-0.39, 0.29) is 11.5 Å². The Bertz CT molecular complexity index is 867. The quantitative estimate of drug-likeness (QED) is 0.580. The van der Waals surface area contributed by atoms with E-state index in [1.165, 1.54) is 35.6 Å². The lowest BCUT2D eigenvalue weighted by Crippen LogP contribution is -2.64. The molecule has 0 aromatic heterocycles. The van der Waals surface area contributed by atoms with Crippen LogP contribution in [0.1, 0.15) is 0 Å². The third-order valence-electron chi connectivity index (χ3n) is 3.54. The molecular formula is C17H10F9NO2. The van der Waals surface area contributed by atoms with E-state index in [1.807, 2.05) is 0 Å². The summed E-state index contributed by atoms with van der Waals surface area (Å²) in [5.41, 5.74) is -0.660. The number of anilines is 1. The Hall–Kier alpha value is -2.92. The van der Waals surface area contributed by atoms with E-state index < -0.39 is 35.5 Å². The van der Waals surface area contributed by atoms with Gasteiger partial charge in [0.15, 0.2) is 5.75 Å². The average Bonchev–Trinajstić information content (AvgIpc) is 2.63. The lowest BCUT2D eigenvalue weighted by molar-refractivity contribution is -0.388. The van der Waals surface area contributed by atoms with Crippen molar-refractivity contribution in [3.05, 3.63) is 54.6 Å². The third kappa shape index (κ3) is 4.10. The van der Waals surface area contributed by atoms with Crippen molar-refractivity contribution in [2.45, 2.75) is 23.9 Å². The van der Waals surface area contributed by atoms with Crippen molar-refractivity contribution >= 4 is 11.6 Å². The number of nitrogens with one attached hydrogen (secondary N) is 1. The molecule has 0 aliphatic heterocycles. The Morgan fingerprint density at radius 1 is 0.724 bits per heavy atom. The fourth-order valence-electron chi connectivity index (χ4n) is 1.99. The fraction of sp³-hybridized carbons (Fsp3) is 0.235. The molecule has 0 aliphatic carbocycles. The molecule has 158 valence electrons. The first-order valence-electron chi connectivity index (χ1n) is 7.55. The second-order valence-electron chi connectivity index (χ2n) is 5.59. The van der Waals surface area contributed by atoms with Crippen LogP contribution in [-0.4, -0.2) is 29.9 Å². The highest BCUT2D eigenvalue weighted by atomic mass is 19.4. The first kappa shape index (κ1) is 22.4. The lowest BCUT2D eigenvalue weighted by Gasteiger charge is -2.32. The molecule has 2 aromatic carbocycles. The van der Waals surface area contributed by atoms with Gasteiger partial charge in [0.05, 0.1) is 5.69 Å². The van der Waals surface area contributed by atoms with Crippen molar-refractivity contribution in [2.75, 3.05) is 5.32 Å². The molecule has 2 rings (SSSR count). The molecule has 0 fully saturated rings. The number of carbonyl (C=O) groups is 1. The zero-order valence-electron chi connectivity index (χ0n) is 13.9. The Kier molecular flexibility index (Phi) is 5.77. The number of amides is 1. The minimum absolute atomic E-state index is 0.134. The molecule has 3 nitrogen and oxygen atoms in total. The van der Waals surface area contributed by atoms with Crippen LogP contribution < -0.4 is 10.1 Å². The number of ether oxygens (including phenoxy) is 1. The first-order valence-corrected chi connectivity index (χ1v) is 7.55. The number of hydrogen-bond acceptors (Lipinski definition) is 2. The first-order chi connectivity index (χ1) is 13.2. The monoisotopic (exact) mass is 431 g/mol. The van der Waals surface area contributed by atoms with Gasteiger partial charge in [-0.15, -0.1) is 0 Å². The van der Waals surface area contributed by atoms with E-state index in [0.29, 0.717) is 0 Å². The summed E-state index contributed by atoms with van der Waals surface area (Å²) in [5, 5.41) is 1.21. The average molecular weight is 431 g/mol. The van der Waals surface area contributed by atoms with Crippen LogP contribution in [0.25, 0.3) is 0 Å². The summed E-state index contributed by atoms with van der Waals surface area (Å²) in [7, 11) is 0. The SMILES string of the molecule is O=C(Nc1ccccc1Oc1ccccc1)C(F)(F)C(F)(F)C(F)(F)C(F)(F)F. The van der Waals surface area contributed by atoms with Gasteiger partial charge < -0.3 is 10.1 Å². The maximum absolute atomic E-state index is 13.7. The van der Waals surface area contributed by atoms with Crippen molar-refractivity contribution in [1.29, 1.82) is 0 Å². The molecule has 0 radical (unpaired) electrons. The van der Waals surface area contributed by atoms with E-state index in [9.17, 15) is 44.3 Å². The highest BCUT2D eigenvalue weighted by Gasteiger charge is 2.83. The molecule has 0 saturated heterocycles. The Labute approximate surface area is 157 Å². The zero-order chi connectivity index (χ0) is 22.1. The Balaban J connectivity index is 2.32. The second kappa shape index (κ2) is 7.48. The molecule has 29 heavy (non-hydrogen) atoms. The molecule has 1 amide bonds. The zero-order valence-corrected chi connectivity index (χ0v) is 13.9. The summed E-state index contributed by atoms with van der Waals surface area (Å²) < 4.78 is 122. The van der Waals surface area contributed by atoms with E-state index in [1.54, 1.807) is 6.07 Å². The molecule has 0 spiro atoms. The maximum atomic E-state index is 13.7. The molecule has 1 N–H and O–H groups in total. The molecule has 0 aliphatic rings. The number of halogens is 9. The van der Waals surface area contributed by atoms with Crippen LogP contribution in [0.4, 0.5) is 45.2 Å². The van der Waals surface area contributed by atoms with Gasteiger partial charge in [-0.3, -0.25) is 4.79 Å². The maximum Gasteiger partial charge on any atom is 0.460 e. The van der Waals surface area contributed by atoms with E-state index >= 15 is 0 Å². The molecule has 12 heteroatoms. The van der Waals surface area contributed by atoms with Crippen molar-refractivity contribution < 1.29 is 49.0 Å². The van der Waals surface area contributed by atoms with Gasteiger partial charge in [0, 0.05) is 0 Å². The molecule has 0 atom stereocenters. The number of rotatable bonds is 6. The molecule has 2 aromatic rings. The summed E-state index contributed by atoms with van der Waals surface area (Å²) in [6.45, 7) is 0. The number of carbonyl (C=O) groups excluding carboxylic acids is 1. The number of hydrogen-bond donors (Lipinski definition) is 1. The number of para-hydroxylation sites is 3. The van der Waals surface area contributed by atoms with Crippen molar-refractivity contribution in [3.8, 4) is 11.5 Å². The normalized spacial score (nSPS) is 13.1. The van der Waals surface area contributed by atoms with Crippen LogP contribution in [0.5, 0.6) is 11.5 Å². The standard InChI is InChI=1S/C17H10F9NO2/c18-14(19,15(20,21)16(22,23)17(24,25)26)13(28)27-11-8-4-5-9-12(11)29-10-6-2-1-3-7-10/h1-9H,(H,27,28). The summed E-state index contributed by atoms with van der Waals surface area (Å²) >= 11 is 0. The molecular weight excluding hydrogens is 421 g/mol. The van der Waals surface area contributed by atoms with Gasteiger partial charge in [0.1, 0.15) is 5.75 Å². The second-order valence-corrected chi connectivity index (χ2v) is 5.59. The molecule has 0 heterocycles. The summed E-state index contributed by atoms with van der Waals surface area (Å²) in [6.07, 6.45) is -7.02. The summed E-state index contributed by atoms with van der Waals surface area (Å²) in [5.74, 6) is -23.9. The highest BCUT2D eigenvalue weighted by Crippen LogP contribution is 2.53. The van der Waals surface area contributed by atoms with Gasteiger partial charge >= 0.3 is 29.9 Å². The summed E-state index contributed by atoms with van der Waals surface area (Å²) in [4.78, 5) is 11.6. The van der Waals surface area contributed by atoms with Crippen LogP contribution in [0.15, 0.2) is 54.6 Å². The topological polar surface area (TPSA) is 38.3 Å². The lowest BCUT2D eigenvalue weighted by atomic mass is 10.0. The molecule has 0 bridgehead atoms. The smallest absolute Gasteiger partial charge is 0.455 e. The Morgan fingerprint density at radius 2 is 1.24 bits per heavy atom. The van der Waals surface area contributed by atoms with Gasteiger partial charge in [-0.25, -0.2) is 0 Å². The van der Waals surface area contributed by atoms with Gasteiger partial charge in [-0.05, 0) is 24.3 Å². The predicted octanol–water partition coefficient (Wildman–Crippen LogP) is 5.89. The number of alkyl halides is 9. The number of benzene rings is 2. The molecule has 0 saturated carbocycles. The van der Waals surface area contributed by atoms with Crippen LogP contribution in [-0.2, 0) is 4.79 Å². The van der Waals surface area contributed by atoms with E-state index in [0.717, 1.165) is 18.2 Å². The van der Waals surface area contributed by atoms with Gasteiger partial charge in [0.25, 0.3) is 0 Å². The van der Waals surface area contributed by atoms with Crippen LogP contribution in [0.2, 0.25) is 0 Å². The van der Waals surface area contributed by atoms with Crippen LogP contribution in [0.3, 0.4) is 0 Å². The van der Waals surface area contributed by atoms with Crippen molar-refractivity contribution in [2.24, 2.45) is 0 Å². The van der Waals surface area contributed by atoms with Crippen molar-refractivity contribution in [3.63, 3.8) is 0 Å². The highest BCUT2D eigenvalue weighted by molar-refractivity contribution is 5.98. The molecule has 0 unspecified atom stereocenters. The Morgan fingerprint density at radius 3 is 1.79 bits per heavy atom. The fourth-order valence-corrected chi connectivity index (χ4v) is 1.99. The van der Waals surface area contributed by atoms with E-state index in [4.69, 9.17) is 4.74 Å². The largest absolute Gasteiger partial charge is 0.460 e. The van der Waals surface area contributed by atoms with Crippen molar-refractivity contribution in [1.82, 2.24) is 0 Å². The minimum atomic E-state index is -7.17. The van der Waals surface area contributed by atoms with Gasteiger partial charge in [-0.1, -0.05) is 30.3 Å². The van der Waals surface area contributed by atoms with Crippen LogP contribution >= 0.6 is 0 Å². The minimum Gasteiger partial charge on any atom is -0.455 e. The van der Waals surface area contributed by atoms with E-state index in [2.05, 4.69) is 0 Å². The van der Waals surface area contributed by atoms with Crippen LogP contribution in [0, 0.1) is 0 Å². The third-order valence-corrected chi connectivity index (χ3v) is 3.54. The predicted molar refractivity (Wildman–Crippen MR) is 82.5 cm³/mol. The van der Waals surface area contributed by atoms with Gasteiger partial charge in [-0.2, -0.15) is 39.5 Å². The summed E-state index contributed by atoms with van der Waals surface area (Å²) in [6, 6.07) is 11.9.